The maximum atomic E-state index is 12.4. The van der Waals surface area contributed by atoms with Gasteiger partial charge in [-0.3, -0.25) is 4.79 Å². The predicted molar refractivity (Wildman–Crippen MR) is 106 cm³/mol. The number of nitrogens with one attached hydrogen (secondary N) is 1. The Kier molecular flexibility index (Phi) is 5.89. The van der Waals surface area contributed by atoms with Gasteiger partial charge < -0.3 is 14.8 Å². The fraction of sp³-hybridized carbons (Fsp3) is 0.333. The number of hydrogen-bond acceptors (Lipinski definition) is 3. The number of fused-ring (bicyclic) bond motifs is 1. The zero-order chi connectivity index (χ0) is 18.4. The molecule has 3 rings (SSSR count). The van der Waals surface area contributed by atoms with Crippen LogP contribution < -0.4 is 10.2 Å². The van der Waals surface area contributed by atoms with E-state index >= 15 is 0 Å². The molecule has 5 nitrogen and oxygen atoms in total. The number of anilines is 1. The van der Waals surface area contributed by atoms with Crippen molar-refractivity contribution in [3.63, 3.8) is 0 Å². The van der Waals surface area contributed by atoms with Gasteiger partial charge in [0, 0.05) is 32.2 Å². The summed E-state index contributed by atoms with van der Waals surface area (Å²) in [7, 11) is 2.07. The number of carbonyl (C=O) groups excluding carboxylic acids is 1. The van der Waals surface area contributed by atoms with Gasteiger partial charge in [-0.25, -0.2) is 4.98 Å². The molecule has 0 radical (unpaired) electrons. The molecule has 0 unspecified atom stereocenters. The van der Waals surface area contributed by atoms with Gasteiger partial charge in [-0.15, -0.1) is 0 Å². The minimum atomic E-state index is 0.0326. The van der Waals surface area contributed by atoms with Gasteiger partial charge in [0.2, 0.25) is 5.91 Å². The van der Waals surface area contributed by atoms with E-state index < -0.39 is 0 Å². The van der Waals surface area contributed by atoms with Crippen molar-refractivity contribution in [1.29, 1.82) is 0 Å². The molecule has 2 aromatic carbocycles. The molecule has 0 atom stereocenters. The largest absolute Gasteiger partial charge is 0.375 e. The summed E-state index contributed by atoms with van der Waals surface area (Å²) < 4.78 is 2.01. The molecule has 1 N–H and O–H groups in total. The lowest BCUT2D eigenvalue weighted by atomic mass is 10.3. The van der Waals surface area contributed by atoms with Crippen LogP contribution in [0.25, 0.3) is 11.0 Å². The lowest BCUT2D eigenvalue weighted by Gasteiger charge is -2.19. The van der Waals surface area contributed by atoms with E-state index in [4.69, 9.17) is 0 Å². The number of aromatic nitrogens is 2. The highest BCUT2D eigenvalue weighted by atomic mass is 16.1. The standard InChI is InChI=1S/C21H26N4O/c1-3-20-23-18-12-7-8-13-19(18)25(20)16-21(26)22-14-9-15-24(2)17-10-5-4-6-11-17/h4-8,10-13H,3,9,14-16H2,1-2H3,(H,22,26). The van der Waals surface area contributed by atoms with Crippen molar-refractivity contribution in [2.75, 3.05) is 25.0 Å². The van der Waals surface area contributed by atoms with E-state index in [2.05, 4.69) is 41.3 Å². The number of imidazole rings is 1. The lowest BCUT2D eigenvalue weighted by molar-refractivity contribution is -0.121. The molecule has 5 heteroatoms. The van der Waals surface area contributed by atoms with Gasteiger partial charge in [0.15, 0.2) is 0 Å². The summed E-state index contributed by atoms with van der Waals surface area (Å²) in [6.45, 7) is 3.95. The van der Waals surface area contributed by atoms with Crippen molar-refractivity contribution >= 4 is 22.6 Å². The molecule has 0 aliphatic carbocycles. The Bertz CT molecular complexity index is 857. The maximum absolute atomic E-state index is 12.4. The molecular formula is C21H26N4O. The Hall–Kier alpha value is -2.82. The zero-order valence-electron chi connectivity index (χ0n) is 15.5. The fourth-order valence-electron chi connectivity index (χ4n) is 3.13. The summed E-state index contributed by atoms with van der Waals surface area (Å²) in [4.78, 5) is 19.2. The van der Waals surface area contributed by atoms with Crippen LogP contribution in [-0.2, 0) is 17.8 Å². The molecule has 1 heterocycles. The van der Waals surface area contributed by atoms with E-state index in [-0.39, 0.29) is 5.91 Å². The average molecular weight is 350 g/mol. The molecule has 1 aromatic heterocycles. The van der Waals surface area contributed by atoms with Gasteiger partial charge in [0.25, 0.3) is 0 Å². The Labute approximate surface area is 154 Å². The number of hydrogen-bond donors (Lipinski definition) is 1. The second-order valence-electron chi connectivity index (χ2n) is 6.42. The summed E-state index contributed by atoms with van der Waals surface area (Å²) >= 11 is 0. The van der Waals surface area contributed by atoms with E-state index in [9.17, 15) is 4.79 Å². The molecule has 3 aromatic rings. The van der Waals surface area contributed by atoms with Crippen LogP contribution in [0.2, 0.25) is 0 Å². The second-order valence-corrected chi connectivity index (χ2v) is 6.42. The Morgan fingerprint density at radius 1 is 1.12 bits per heavy atom. The topological polar surface area (TPSA) is 50.2 Å². The van der Waals surface area contributed by atoms with Crippen LogP contribution in [-0.4, -0.2) is 35.6 Å². The lowest BCUT2D eigenvalue weighted by Crippen LogP contribution is -2.31. The smallest absolute Gasteiger partial charge is 0.240 e. The molecule has 0 saturated heterocycles. The van der Waals surface area contributed by atoms with Crippen LogP contribution in [0.3, 0.4) is 0 Å². The van der Waals surface area contributed by atoms with Gasteiger partial charge in [-0.05, 0) is 30.7 Å². The van der Waals surface area contributed by atoms with Crippen LogP contribution in [0, 0.1) is 0 Å². The van der Waals surface area contributed by atoms with Gasteiger partial charge in [0.05, 0.1) is 11.0 Å². The van der Waals surface area contributed by atoms with Crippen molar-refractivity contribution in [1.82, 2.24) is 14.9 Å². The molecule has 0 aliphatic rings. The average Bonchev–Trinajstić information content (AvgIpc) is 3.03. The van der Waals surface area contributed by atoms with E-state index in [1.807, 2.05) is 47.0 Å². The molecule has 0 aliphatic heterocycles. The first kappa shape index (κ1) is 18.0. The number of para-hydroxylation sites is 3. The number of amides is 1. The summed E-state index contributed by atoms with van der Waals surface area (Å²) in [5.41, 5.74) is 3.15. The van der Waals surface area contributed by atoms with Crippen LogP contribution in [0.1, 0.15) is 19.2 Å². The molecule has 0 bridgehead atoms. The van der Waals surface area contributed by atoms with Gasteiger partial charge >= 0.3 is 0 Å². The molecule has 0 fully saturated rings. The Morgan fingerprint density at radius 2 is 1.85 bits per heavy atom. The van der Waals surface area contributed by atoms with Crippen LogP contribution >= 0.6 is 0 Å². The van der Waals surface area contributed by atoms with Crippen molar-refractivity contribution in [2.45, 2.75) is 26.3 Å². The molecular weight excluding hydrogens is 324 g/mol. The van der Waals surface area contributed by atoms with Crippen LogP contribution in [0.5, 0.6) is 0 Å². The van der Waals surface area contributed by atoms with E-state index in [1.165, 1.54) is 5.69 Å². The summed E-state index contributed by atoms with van der Waals surface area (Å²) in [5, 5.41) is 3.03. The van der Waals surface area contributed by atoms with Gasteiger partial charge in [-0.2, -0.15) is 0 Å². The van der Waals surface area contributed by atoms with Crippen molar-refractivity contribution < 1.29 is 4.79 Å². The van der Waals surface area contributed by atoms with Crippen molar-refractivity contribution in [2.24, 2.45) is 0 Å². The minimum Gasteiger partial charge on any atom is -0.375 e. The fourth-order valence-corrected chi connectivity index (χ4v) is 3.13. The Morgan fingerprint density at radius 3 is 2.62 bits per heavy atom. The van der Waals surface area contributed by atoms with Crippen molar-refractivity contribution in [3.8, 4) is 0 Å². The second kappa shape index (κ2) is 8.52. The highest BCUT2D eigenvalue weighted by Gasteiger charge is 2.12. The quantitative estimate of drug-likeness (QED) is 0.635. The highest BCUT2D eigenvalue weighted by Crippen LogP contribution is 2.16. The third-order valence-electron chi connectivity index (χ3n) is 4.54. The number of nitrogens with zero attached hydrogens (tertiary/aromatic N) is 3. The van der Waals surface area contributed by atoms with Crippen LogP contribution in [0.15, 0.2) is 54.6 Å². The third kappa shape index (κ3) is 4.23. The van der Waals surface area contributed by atoms with Gasteiger partial charge in [-0.1, -0.05) is 37.3 Å². The highest BCUT2D eigenvalue weighted by molar-refractivity contribution is 5.81. The summed E-state index contributed by atoms with van der Waals surface area (Å²) in [6, 6.07) is 18.2. The van der Waals surface area contributed by atoms with E-state index in [1.54, 1.807) is 0 Å². The monoisotopic (exact) mass is 350 g/mol. The summed E-state index contributed by atoms with van der Waals surface area (Å²) in [5.74, 6) is 0.982. The SMILES string of the molecule is CCc1nc2ccccc2n1CC(=O)NCCCN(C)c1ccccc1. The van der Waals surface area contributed by atoms with Gasteiger partial charge in [0.1, 0.15) is 12.4 Å². The molecule has 0 spiro atoms. The normalized spacial score (nSPS) is 10.8. The number of benzene rings is 2. The first-order valence-corrected chi connectivity index (χ1v) is 9.16. The number of rotatable bonds is 8. The summed E-state index contributed by atoms with van der Waals surface area (Å²) in [6.07, 6.45) is 1.71. The number of carbonyl (C=O) groups is 1. The molecule has 26 heavy (non-hydrogen) atoms. The maximum Gasteiger partial charge on any atom is 0.240 e. The molecule has 1 amide bonds. The first-order valence-electron chi connectivity index (χ1n) is 9.16. The number of aryl methyl sites for hydroxylation is 1. The van der Waals surface area contributed by atoms with Crippen molar-refractivity contribution in [3.05, 3.63) is 60.4 Å². The molecule has 136 valence electrons. The first-order chi connectivity index (χ1) is 12.7. The predicted octanol–water partition coefficient (Wildman–Crippen LogP) is 3.24. The Balaban J connectivity index is 1.50. The van der Waals surface area contributed by atoms with Crippen LogP contribution in [0.4, 0.5) is 5.69 Å². The minimum absolute atomic E-state index is 0.0326. The van der Waals surface area contributed by atoms with E-state index in [0.29, 0.717) is 13.1 Å². The molecule has 0 saturated carbocycles. The zero-order valence-corrected chi connectivity index (χ0v) is 15.5. The van der Waals surface area contributed by atoms with E-state index in [0.717, 1.165) is 36.2 Å². The third-order valence-corrected chi connectivity index (χ3v) is 4.54.